The SMILES string of the molecule is Cn1cc(Nc2ncc(Cl)c(Nc3cc(N)c(F)cc3F)n2)cn1. The fraction of sp³-hybridized carbons (Fsp3) is 0.0714. The van der Waals surface area contributed by atoms with Crippen LogP contribution in [0, 0.1) is 11.6 Å². The quantitative estimate of drug-likeness (QED) is 0.625. The zero-order valence-corrected chi connectivity index (χ0v) is 13.1. The summed E-state index contributed by atoms with van der Waals surface area (Å²) >= 11 is 6.02. The van der Waals surface area contributed by atoms with Crippen molar-refractivity contribution in [1.29, 1.82) is 0 Å². The molecule has 0 unspecified atom stereocenters. The number of nitrogens with zero attached hydrogens (tertiary/aromatic N) is 4. The molecule has 2 heterocycles. The molecule has 0 atom stereocenters. The van der Waals surface area contributed by atoms with Crippen LogP contribution in [0.5, 0.6) is 0 Å². The van der Waals surface area contributed by atoms with Crippen LogP contribution in [0.15, 0.2) is 30.7 Å². The van der Waals surface area contributed by atoms with Gasteiger partial charge in [-0.25, -0.2) is 13.8 Å². The second-order valence-electron chi connectivity index (χ2n) is 4.90. The summed E-state index contributed by atoms with van der Waals surface area (Å²) in [5.74, 6) is -1.29. The van der Waals surface area contributed by atoms with Gasteiger partial charge >= 0.3 is 0 Å². The summed E-state index contributed by atoms with van der Waals surface area (Å²) in [6.07, 6.45) is 4.66. The molecule has 24 heavy (non-hydrogen) atoms. The topological polar surface area (TPSA) is 93.7 Å². The third-order valence-corrected chi connectivity index (χ3v) is 3.32. The van der Waals surface area contributed by atoms with Crippen LogP contribution in [0.25, 0.3) is 0 Å². The van der Waals surface area contributed by atoms with Crippen LogP contribution in [-0.2, 0) is 7.05 Å². The lowest BCUT2D eigenvalue weighted by molar-refractivity contribution is 0.589. The molecule has 0 aliphatic rings. The molecule has 0 aliphatic heterocycles. The van der Waals surface area contributed by atoms with E-state index in [0.717, 1.165) is 6.07 Å². The van der Waals surface area contributed by atoms with E-state index in [-0.39, 0.29) is 28.2 Å². The second-order valence-corrected chi connectivity index (χ2v) is 5.30. The summed E-state index contributed by atoms with van der Waals surface area (Å²) < 4.78 is 28.7. The Balaban J connectivity index is 1.88. The van der Waals surface area contributed by atoms with Crippen LogP contribution in [0.3, 0.4) is 0 Å². The molecule has 124 valence electrons. The van der Waals surface area contributed by atoms with Crippen LogP contribution >= 0.6 is 11.6 Å². The number of aromatic nitrogens is 4. The minimum atomic E-state index is -0.842. The Labute approximate surface area is 140 Å². The zero-order chi connectivity index (χ0) is 17.3. The Morgan fingerprint density at radius 2 is 1.96 bits per heavy atom. The van der Waals surface area contributed by atoms with E-state index in [1.807, 2.05) is 0 Å². The molecular formula is C14H12ClF2N7. The summed E-state index contributed by atoms with van der Waals surface area (Å²) in [7, 11) is 1.77. The highest BCUT2D eigenvalue weighted by Gasteiger charge is 2.12. The van der Waals surface area contributed by atoms with Gasteiger partial charge in [0.05, 0.1) is 29.5 Å². The smallest absolute Gasteiger partial charge is 0.229 e. The number of benzene rings is 1. The largest absolute Gasteiger partial charge is 0.396 e. The summed E-state index contributed by atoms with van der Waals surface area (Å²) in [4.78, 5) is 8.19. The Hall–Kier alpha value is -2.94. The number of aryl methyl sites for hydroxylation is 1. The number of rotatable bonds is 4. The van der Waals surface area contributed by atoms with E-state index < -0.39 is 11.6 Å². The molecule has 0 radical (unpaired) electrons. The van der Waals surface area contributed by atoms with Gasteiger partial charge in [0.15, 0.2) is 5.82 Å². The predicted octanol–water partition coefficient (Wildman–Crippen LogP) is 3.21. The van der Waals surface area contributed by atoms with Gasteiger partial charge in [0.25, 0.3) is 0 Å². The number of nitrogens with two attached hydrogens (primary N) is 1. The lowest BCUT2D eigenvalue weighted by atomic mass is 10.2. The predicted molar refractivity (Wildman–Crippen MR) is 87.6 cm³/mol. The van der Waals surface area contributed by atoms with Crippen molar-refractivity contribution in [3.05, 3.63) is 47.4 Å². The lowest BCUT2D eigenvalue weighted by Crippen LogP contribution is -2.03. The van der Waals surface area contributed by atoms with Crippen molar-refractivity contribution in [3.63, 3.8) is 0 Å². The molecule has 2 aromatic heterocycles. The molecule has 3 aromatic rings. The summed E-state index contributed by atoms with van der Waals surface area (Å²) in [5.41, 5.74) is 5.87. The van der Waals surface area contributed by atoms with Gasteiger partial charge in [-0.05, 0) is 6.07 Å². The molecule has 4 N–H and O–H groups in total. The fourth-order valence-corrected chi connectivity index (χ4v) is 2.06. The van der Waals surface area contributed by atoms with E-state index >= 15 is 0 Å². The first-order chi connectivity index (χ1) is 11.4. The fourth-order valence-electron chi connectivity index (χ4n) is 1.92. The first kappa shape index (κ1) is 15.9. The molecule has 0 aliphatic carbocycles. The Morgan fingerprint density at radius 3 is 2.67 bits per heavy atom. The van der Waals surface area contributed by atoms with Crippen LogP contribution in [0.2, 0.25) is 5.02 Å². The highest BCUT2D eigenvalue weighted by molar-refractivity contribution is 6.32. The first-order valence-corrected chi connectivity index (χ1v) is 7.10. The maximum absolute atomic E-state index is 13.8. The van der Waals surface area contributed by atoms with Gasteiger partial charge in [-0.15, -0.1) is 0 Å². The molecule has 7 nitrogen and oxygen atoms in total. The Kier molecular flexibility index (Phi) is 4.17. The summed E-state index contributed by atoms with van der Waals surface area (Å²) in [6, 6.07) is 1.80. The number of hydrogen-bond donors (Lipinski definition) is 3. The summed E-state index contributed by atoms with van der Waals surface area (Å²) in [5, 5.41) is 9.77. The van der Waals surface area contributed by atoms with E-state index in [2.05, 4.69) is 25.7 Å². The number of hydrogen-bond acceptors (Lipinski definition) is 6. The molecule has 0 bridgehead atoms. The number of nitrogen functional groups attached to an aromatic ring is 1. The highest BCUT2D eigenvalue weighted by Crippen LogP contribution is 2.28. The lowest BCUT2D eigenvalue weighted by Gasteiger charge is -2.11. The third-order valence-electron chi connectivity index (χ3n) is 3.04. The van der Waals surface area contributed by atoms with Crippen LogP contribution in [0.1, 0.15) is 0 Å². The van der Waals surface area contributed by atoms with Gasteiger partial charge < -0.3 is 16.4 Å². The molecule has 0 saturated heterocycles. The van der Waals surface area contributed by atoms with Gasteiger partial charge in [-0.2, -0.15) is 10.1 Å². The maximum Gasteiger partial charge on any atom is 0.229 e. The molecule has 10 heteroatoms. The monoisotopic (exact) mass is 351 g/mol. The average molecular weight is 352 g/mol. The maximum atomic E-state index is 13.8. The van der Waals surface area contributed by atoms with E-state index in [1.165, 1.54) is 6.20 Å². The van der Waals surface area contributed by atoms with Crippen molar-refractivity contribution in [3.8, 4) is 0 Å². The van der Waals surface area contributed by atoms with Crippen LogP contribution in [0.4, 0.5) is 37.6 Å². The Bertz CT molecular complexity index is 897. The molecule has 0 amide bonds. The van der Waals surface area contributed by atoms with Gasteiger partial charge in [-0.3, -0.25) is 4.68 Å². The second kappa shape index (κ2) is 6.28. The van der Waals surface area contributed by atoms with E-state index in [9.17, 15) is 8.78 Å². The minimum absolute atomic E-state index is 0.0539. The number of halogens is 3. The van der Waals surface area contributed by atoms with E-state index in [4.69, 9.17) is 17.3 Å². The average Bonchev–Trinajstić information content (AvgIpc) is 2.93. The van der Waals surface area contributed by atoms with Crippen molar-refractivity contribution in [2.75, 3.05) is 16.4 Å². The molecule has 0 spiro atoms. The molecule has 0 fully saturated rings. The van der Waals surface area contributed by atoms with Crippen LogP contribution in [-0.4, -0.2) is 19.7 Å². The van der Waals surface area contributed by atoms with Gasteiger partial charge in [0, 0.05) is 19.3 Å². The normalized spacial score (nSPS) is 10.7. The van der Waals surface area contributed by atoms with Crippen molar-refractivity contribution in [1.82, 2.24) is 19.7 Å². The first-order valence-electron chi connectivity index (χ1n) is 6.72. The standard InChI is InChI=1S/C14H12ClF2N7/c1-24-6-7(4-20-24)21-14-19-5-8(15)13(23-14)22-12-3-11(18)9(16)2-10(12)17/h2-6H,18H2,1H3,(H2,19,21,22,23). The van der Waals surface area contributed by atoms with Crippen molar-refractivity contribution in [2.24, 2.45) is 7.05 Å². The van der Waals surface area contributed by atoms with Gasteiger partial charge in [0.2, 0.25) is 5.95 Å². The third kappa shape index (κ3) is 3.35. The van der Waals surface area contributed by atoms with E-state index in [0.29, 0.717) is 11.8 Å². The molecule has 0 saturated carbocycles. The van der Waals surface area contributed by atoms with Gasteiger partial charge in [0.1, 0.15) is 16.7 Å². The highest BCUT2D eigenvalue weighted by atomic mass is 35.5. The number of nitrogens with one attached hydrogen (secondary N) is 2. The molecular weight excluding hydrogens is 340 g/mol. The van der Waals surface area contributed by atoms with Crippen LogP contribution < -0.4 is 16.4 Å². The zero-order valence-electron chi connectivity index (χ0n) is 12.4. The number of anilines is 5. The molecule has 3 rings (SSSR count). The molecule has 1 aromatic carbocycles. The van der Waals surface area contributed by atoms with Crippen molar-refractivity contribution >= 4 is 40.4 Å². The van der Waals surface area contributed by atoms with Gasteiger partial charge in [-0.1, -0.05) is 11.6 Å². The van der Waals surface area contributed by atoms with E-state index in [1.54, 1.807) is 24.1 Å². The van der Waals surface area contributed by atoms with Crippen molar-refractivity contribution < 1.29 is 8.78 Å². The summed E-state index contributed by atoms with van der Waals surface area (Å²) in [6.45, 7) is 0. The minimum Gasteiger partial charge on any atom is -0.396 e. The van der Waals surface area contributed by atoms with Crippen molar-refractivity contribution in [2.45, 2.75) is 0 Å². The Morgan fingerprint density at radius 1 is 1.17 bits per heavy atom.